The standard InChI is InChI=1S/C18H21FN2O2/c1-23-17-5-3-2-4-15(17)12-21-18(22)13-20-11-10-14-6-8-16(19)9-7-14/h2-9,20H,10-13H2,1H3,(H,21,22). The SMILES string of the molecule is COc1ccccc1CNC(=O)CNCCc1ccc(F)cc1. The van der Waals surface area contributed by atoms with Gasteiger partial charge in [0.05, 0.1) is 13.7 Å². The summed E-state index contributed by atoms with van der Waals surface area (Å²) in [5, 5.41) is 5.92. The van der Waals surface area contributed by atoms with Gasteiger partial charge in [0.15, 0.2) is 0 Å². The Morgan fingerprint density at radius 1 is 1.13 bits per heavy atom. The summed E-state index contributed by atoms with van der Waals surface area (Å²) in [6, 6.07) is 14.0. The van der Waals surface area contributed by atoms with Crippen molar-refractivity contribution in [1.29, 1.82) is 0 Å². The summed E-state index contributed by atoms with van der Waals surface area (Å²) in [6.07, 6.45) is 0.750. The van der Waals surface area contributed by atoms with Crippen molar-refractivity contribution in [3.8, 4) is 5.75 Å². The van der Waals surface area contributed by atoms with E-state index >= 15 is 0 Å². The smallest absolute Gasteiger partial charge is 0.234 e. The average molecular weight is 316 g/mol. The fourth-order valence-corrected chi connectivity index (χ4v) is 2.19. The van der Waals surface area contributed by atoms with Gasteiger partial charge in [0.25, 0.3) is 0 Å². The van der Waals surface area contributed by atoms with Crippen LogP contribution in [0.2, 0.25) is 0 Å². The van der Waals surface area contributed by atoms with Crippen LogP contribution in [0.15, 0.2) is 48.5 Å². The van der Waals surface area contributed by atoms with Crippen molar-refractivity contribution < 1.29 is 13.9 Å². The molecule has 0 aliphatic heterocycles. The molecule has 1 amide bonds. The van der Waals surface area contributed by atoms with Crippen LogP contribution in [0.4, 0.5) is 4.39 Å². The Morgan fingerprint density at radius 3 is 2.61 bits per heavy atom. The first-order valence-electron chi connectivity index (χ1n) is 7.53. The van der Waals surface area contributed by atoms with Gasteiger partial charge in [0, 0.05) is 12.1 Å². The molecule has 0 aliphatic rings. The lowest BCUT2D eigenvalue weighted by Gasteiger charge is -2.10. The quantitative estimate of drug-likeness (QED) is 0.735. The van der Waals surface area contributed by atoms with Crippen molar-refractivity contribution in [2.45, 2.75) is 13.0 Å². The Balaban J connectivity index is 1.66. The van der Waals surface area contributed by atoms with Gasteiger partial charge < -0.3 is 15.4 Å². The molecule has 0 aliphatic carbocycles. The van der Waals surface area contributed by atoms with Crippen molar-refractivity contribution in [3.05, 3.63) is 65.5 Å². The van der Waals surface area contributed by atoms with E-state index < -0.39 is 0 Å². The fraction of sp³-hybridized carbons (Fsp3) is 0.278. The van der Waals surface area contributed by atoms with E-state index in [0.717, 1.165) is 23.3 Å². The topological polar surface area (TPSA) is 50.4 Å². The molecular formula is C18H21FN2O2. The molecule has 0 spiro atoms. The monoisotopic (exact) mass is 316 g/mol. The van der Waals surface area contributed by atoms with E-state index in [1.54, 1.807) is 19.2 Å². The molecular weight excluding hydrogens is 295 g/mol. The van der Waals surface area contributed by atoms with Gasteiger partial charge in [-0.1, -0.05) is 30.3 Å². The Hall–Kier alpha value is -2.40. The molecule has 2 aromatic carbocycles. The maximum Gasteiger partial charge on any atom is 0.234 e. The molecule has 4 nitrogen and oxygen atoms in total. The maximum atomic E-state index is 12.8. The number of ether oxygens (including phenoxy) is 1. The van der Waals surface area contributed by atoms with E-state index in [1.165, 1.54) is 12.1 Å². The number of hydrogen-bond acceptors (Lipinski definition) is 3. The molecule has 0 radical (unpaired) electrons. The van der Waals surface area contributed by atoms with Crippen LogP contribution in [0, 0.1) is 5.82 Å². The van der Waals surface area contributed by atoms with Crippen LogP contribution >= 0.6 is 0 Å². The van der Waals surface area contributed by atoms with E-state index in [4.69, 9.17) is 4.74 Å². The van der Waals surface area contributed by atoms with Crippen LogP contribution in [0.5, 0.6) is 5.75 Å². The molecule has 0 saturated heterocycles. The zero-order valence-corrected chi connectivity index (χ0v) is 13.1. The van der Waals surface area contributed by atoms with Crippen molar-refractivity contribution in [2.75, 3.05) is 20.2 Å². The van der Waals surface area contributed by atoms with Crippen molar-refractivity contribution in [2.24, 2.45) is 0 Å². The normalized spacial score (nSPS) is 10.3. The summed E-state index contributed by atoms with van der Waals surface area (Å²) in [4.78, 5) is 11.8. The summed E-state index contributed by atoms with van der Waals surface area (Å²) in [5.74, 6) is 0.449. The molecule has 0 saturated carbocycles. The van der Waals surface area contributed by atoms with Gasteiger partial charge in [0.2, 0.25) is 5.91 Å². The average Bonchev–Trinajstić information content (AvgIpc) is 2.58. The van der Waals surface area contributed by atoms with Crippen LogP contribution in [0.3, 0.4) is 0 Å². The van der Waals surface area contributed by atoms with E-state index in [1.807, 2.05) is 24.3 Å². The first-order chi connectivity index (χ1) is 11.2. The number of methoxy groups -OCH3 is 1. The third kappa shape index (κ3) is 5.71. The molecule has 2 rings (SSSR count). The Kier molecular flexibility index (Phi) is 6.56. The first kappa shape index (κ1) is 17.0. The molecule has 0 bridgehead atoms. The van der Waals surface area contributed by atoms with Crippen LogP contribution in [-0.4, -0.2) is 26.1 Å². The van der Waals surface area contributed by atoms with Crippen molar-refractivity contribution >= 4 is 5.91 Å². The predicted octanol–water partition coefficient (Wildman–Crippen LogP) is 2.28. The summed E-state index contributed by atoms with van der Waals surface area (Å²) < 4.78 is 18.0. The summed E-state index contributed by atoms with van der Waals surface area (Å²) in [6.45, 7) is 1.34. The van der Waals surface area contributed by atoms with Gasteiger partial charge in [0.1, 0.15) is 11.6 Å². The van der Waals surface area contributed by atoms with Crippen molar-refractivity contribution in [3.63, 3.8) is 0 Å². The van der Waals surface area contributed by atoms with Gasteiger partial charge in [-0.2, -0.15) is 0 Å². The van der Waals surface area contributed by atoms with E-state index in [2.05, 4.69) is 10.6 Å². The van der Waals surface area contributed by atoms with Crippen LogP contribution in [-0.2, 0) is 17.8 Å². The number of carbonyl (C=O) groups is 1. The molecule has 0 aromatic heterocycles. The van der Waals surface area contributed by atoms with E-state index in [9.17, 15) is 9.18 Å². The van der Waals surface area contributed by atoms with Crippen LogP contribution in [0.1, 0.15) is 11.1 Å². The summed E-state index contributed by atoms with van der Waals surface area (Å²) >= 11 is 0. The second kappa shape index (κ2) is 8.90. The van der Waals surface area contributed by atoms with E-state index in [-0.39, 0.29) is 18.3 Å². The Labute approximate surface area is 135 Å². The molecule has 2 aromatic rings. The minimum atomic E-state index is -0.238. The summed E-state index contributed by atoms with van der Waals surface area (Å²) in [5.41, 5.74) is 1.97. The van der Waals surface area contributed by atoms with Crippen LogP contribution < -0.4 is 15.4 Å². The molecule has 5 heteroatoms. The van der Waals surface area contributed by atoms with Crippen molar-refractivity contribution in [1.82, 2.24) is 10.6 Å². The Bertz CT molecular complexity index is 629. The number of rotatable bonds is 8. The highest BCUT2D eigenvalue weighted by molar-refractivity contribution is 5.78. The third-order valence-corrected chi connectivity index (χ3v) is 3.46. The molecule has 0 heterocycles. The number of hydrogen-bond donors (Lipinski definition) is 2. The minimum Gasteiger partial charge on any atom is -0.496 e. The highest BCUT2D eigenvalue weighted by atomic mass is 19.1. The second-order valence-corrected chi connectivity index (χ2v) is 5.14. The molecule has 122 valence electrons. The second-order valence-electron chi connectivity index (χ2n) is 5.14. The zero-order valence-electron chi connectivity index (χ0n) is 13.1. The van der Waals surface area contributed by atoms with E-state index in [0.29, 0.717) is 13.1 Å². The number of amides is 1. The maximum absolute atomic E-state index is 12.8. The Morgan fingerprint density at radius 2 is 1.87 bits per heavy atom. The number of halogens is 1. The lowest BCUT2D eigenvalue weighted by atomic mass is 10.1. The number of carbonyl (C=O) groups excluding carboxylic acids is 1. The minimum absolute atomic E-state index is 0.0741. The predicted molar refractivity (Wildman–Crippen MR) is 87.8 cm³/mol. The zero-order chi connectivity index (χ0) is 16.5. The molecule has 0 unspecified atom stereocenters. The van der Waals surface area contributed by atoms with Crippen LogP contribution in [0.25, 0.3) is 0 Å². The highest BCUT2D eigenvalue weighted by Crippen LogP contribution is 2.16. The molecule has 0 atom stereocenters. The number of para-hydroxylation sites is 1. The lowest BCUT2D eigenvalue weighted by molar-refractivity contribution is -0.120. The van der Waals surface area contributed by atoms with Gasteiger partial charge in [-0.3, -0.25) is 4.79 Å². The van der Waals surface area contributed by atoms with Gasteiger partial charge >= 0.3 is 0 Å². The number of nitrogens with one attached hydrogen (secondary N) is 2. The lowest BCUT2D eigenvalue weighted by Crippen LogP contribution is -2.34. The van der Waals surface area contributed by atoms with Gasteiger partial charge in [-0.15, -0.1) is 0 Å². The highest BCUT2D eigenvalue weighted by Gasteiger charge is 2.04. The first-order valence-corrected chi connectivity index (χ1v) is 7.53. The summed E-state index contributed by atoms with van der Waals surface area (Å²) in [7, 11) is 1.61. The fourth-order valence-electron chi connectivity index (χ4n) is 2.19. The third-order valence-electron chi connectivity index (χ3n) is 3.46. The van der Waals surface area contributed by atoms with Gasteiger partial charge in [-0.25, -0.2) is 4.39 Å². The number of benzene rings is 2. The molecule has 23 heavy (non-hydrogen) atoms. The van der Waals surface area contributed by atoms with Gasteiger partial charge in [-0.05, 0) is 36.7 Å². The largest absolute Gasteiger partial charge is 0.496 e. The molecule has 2 N–H and O–H groups in total. The molecule has 0 fully saturated rings.